The number of halogens is 5. The molecule has 1 aliphatic rings. The van der Waals surface area contributed by atoms with Gasteiger partial charge in [0, 0.05) is 18.2 Å². The second kappa shape index (κ2) is 14.9. The zero-order valence-corrected chi connectivity index (χ0v) is 25.0. The third kappa shape index (κ3) is 7.71. The molecular formula is C32H33F5N2O4S. The molecule has 44 heavy (non-hydrogen) atoms. The highest BCUT2D eigenvalue weighted by molar-refractivity contribution is 7.98. The van der Waals surface area contributed by atoms with Crippen LogP contribution in [0, 0.1) is 36.0 Å². The Bertz CT molecular complexity index is 1490. The first-order chi connectivity index (χ1) is 21.0. The van der Waals surface area contributed by atoms with Crippen LogP contribution >= 0.6 is 11.8 Å². The van der Waals surface area contributed by atoms with Crippen LogP contribution in [-0.4, -0.2) is 47.2 Å². The lowest BCUT2D eigenvalue weighted by molar-refractivity contribution is -0.139. The number of carboxylic acids is 1. The maximum absolute atomic E-state index is 14.0. The molecule has 1 atom stereocenters. The van der Waals surface area contributed by atoms with Gasteiger partial charge < -0.3 is 20.5 Å². The van der Waals surface area contributed by atoms with Crippen molar-refractivity contribution in [3.8, 4) is 16.9 Å². The summed E-state index contributed by atoms with van der Waals surface area (Å²) in [4.78, 5) is 25.0. The average Bonchev–Trinajstić information content (AvgIpc) is 3.02. The van der Waals surface area contributed by atoms with Crippen molar-refractivity contribution in [1.29, 1.82) is 0 Å². The Morgan fingerprint density at radius 1 is 0.932 bits per heavy atom. The summed E-state index contributed by atoms with van der Waals surface area (Å²) in [6, 6.07) is 11.9. The molecule has 3 aromatic rings. The van der Waals surface area contributed by atoms with Gasteiger partial charge in [-0.15, -0.1) is 0 Å². The summed E-state index contributed by atoms with van der Waals surface area (Å²) in [5.41, 5.74) is 3.66. The van der Waals surface area contributed by atoms with E-state index in [1.165, 1.54) is 11.8 Å². The third-order valence-electron chi connectivity index (χ3n) is 7.70. The molecule has 12 heteroatoms. The van der Waals surface area contributed by atoms with Gasteiger partial charge >= 0.3 is 5.97 Å². The molecule has 0 spiro atoms. The number of benzene rings is 3. The van der Waals surface area contributed by atoms with Gasteiger partial charge in [-0.1, -0.05) is 30.3 Å². The van der Waals surface area contributed by atoms with Crippen LogP contribution in [-0.2, 0) is 11.3 Å². The topological polar surface area (TPSA) is 87.7 Å². The normalized spacial score (nSPS) is 17.2. The van der Waals surface area contributed by atoms with Crippen molar-refractivity contribution in [2.45, 2.75) is 63.8 Å². The zero-order chi connectivity index (χ0) is 32.0. The molecule has 6 nitrogen and oxygen atoms in total. The number of nitrogens with one attached hydrogen (secondary N) is 2. The maximum atomic E-state index is 14.0. The molecule has 0 unspecified atom stereocenters. The van der Waals surface area contributed by atoms with Gasteiger partial charge in [0.25, 0.3) is 5.91 Å². The summed E-state index contributed by atoms with van der Waals surface area (Å²) in [5.74, 6) is -12.5. The van der Waals surface area contributed by atoms with Crippen molar-refractivity contribution in [3.05, 3.63) is 88.2 Å². The van der Waals surface area contributed by atoms with Crippen LogP contribution < -0.4 is 15.4 Å². The van der Waals surface area contributed by atoms with Crippen LogP contribution in [0.3, 0.4) is 0 Å². The van der Waals surface area contributed by atoms with Crippen molar-refractivity contribution in [3.63, 3.8) is 0 Å². The second-order valence-electron chi connectivity index (χ2n) is 10.7. The molecule has 1 fully saturated rings. The largest absolute Gasteiger partial charge is 0.484 e. The minimum atomic E-state index is -2.23. The number of thioether (sulfide) groups is 1. The molecule has 4 rings (SSSR count). The van der Waals surface area contributed by atoms with E-state index in [9.17, 15) is 36.6 Å². The molecule has 0 radical (unpaired) electrons. The second-order valence-corrected chi connectivity index (χ2v) is 11.7. The van der Waals surface area contributed by atoms with E-state index in [0.29, 0.717) is 55.5 Å². The SMILES string of the molecule is CSCC[C@H](NC(=O)c1ccc(CNC2CCC(Oc3c(F)c(F)c(F)c(F)c3F)CC2)cc1-c1ccccc1C)C(=O)O. The summed E-state index contributed by atoms with van der Waals surface area (Å²) < 4.78 is 73.7. The van der Waals surface area contributed by atoms with E-state index >= 15 is 0 Å². The van der Waals surface area contributed by atoms with Crippen LogP contribution in [0.4, 0.5) is 22.0 Å². The van der Waals surface area contributed by atoms with Crippen molar-refractivity contribution in [2.75, 3.05) is 12.0 Å². The number of ether oxygens (including phenoxy) is 1. The van der Waals surface area contributed by atoms with E-state index in [1.807, 2.05) is 43.5 Å². The highest BCUT2D eigenvalue weighted by Crippen LogP contribution is 2.33. The number of rotatable bonds is 12. The van der Waals surface area contributed by atoms with Crippen molar-refractivity contribution in [1.82, 2.24) is 10.6 Å². The Morgan fingerprint density at radius 3 is 2.18 bits per heavy atom. The van der Waals surface area contributed by atoms with Gasteiger partial charge in [-0.2, -0.15) is 20.5 Å². The van der Waals surface area contributed by atoms with Crippen LogP contribution in [0.1, 0.15) is 53.6 Å². The van der Waals surface area contributed by atoms with Crippen molar-refractivity contribution >= 4 is 23.6 Å². The Balaban J connectivity index is 1.44. The number of carbonyl (C=O) groups is 2. The van der Waals surface area contributed by atoms with Gasteiger partial charge in [-0.25, -0.2) is 18.0 Å². The van der Waals surface area contributed by atoms with E-state index in [2.05, 4.69) is 10.6 Å². The number of aliphatic carboxylic acids is 1. The van der Waals surface area contributed by atoms with E-state index < -0.39 is 58.9 Å². The first-order valence-electron chi connectivity index (χ1n) is 14.1. The smallest absolute Gasteiger partial charge is 0.326 e. The van der Waals surface area contributed by atoms with Crippen molar-refractivity contribution in [2.24, 2.45) is 0 Å². The summed E-state index contributed by atoms with van der Waals surface area (Å²) in [6.45, 7) is 2.35. The number of amides is 1. The number of aryl methyl sites for hydroxylation is 1. The summed E-state index contributed by atoms with van der Waals surface area (Å²) >= 11 is 1.50. The third-order valence-corrected chi connectivity index (χ3v) is 8.34. The van der Waals surface area contributed by atoms with Gasteiger partial charge in [-0.05, 0) is 85.4 Å². The fourth-order valence-electron chi connectivity index (χ4n) is 5.23. The summed E-state index contributed by atoms with van der Waals surface area (Å²) in [6.07, 6.45) is 3.20. The monoisotopic (exact) mass is 636 g/mol. The lowest BCUT2D eigenvalue weighted by atomic mass is 9.91. The predicted octanol–water partition coefficient (Wildman–Crippen LogP) is 6.77. The van der Waals surface area contributed by atoms with E-state index in [-0.39, 0.29) is 6.04 Å². The molecule has 0 bridgehead atoms. The van der Waals surface area contributed by atoms with Gasteiger partial charge in [0.05, 0.1) is 6.10 Å². The fourth-order valence-corrected chi connectivity index (χ4v) is 5.70. The summed E-state index contributed by atoms with van der Waals surface area (Å²) in [5, 5.41) is 15.7. The highest BCUT2D eigenvalue weighted by atomic mass is 32.2. The summed E-state index contributed by atoms with van der Waals surface area (Å²) in [7, 11) is 0. The Morgan fingerprint density at radius 2 is 1.57 bits per heavy atom. The molecule has 236 valence electrons. The standard InChI is InChI=1S/C32H33F5N2O4S/c1-17-5-3-4-6-21(17)23-15-18(7-12-22(23)31(40)39-24(32(41)42)13-14-44-2)16-38-19-8-10-20(11-9-19)43-30-28(36)26(34)25(33)27(35)29(30)37/h3-7,12,15,19-20,24,38H,8-11,13-14,16H2,1-2H3,(H,39,40)(H,41,42)/t19?,20?,24-/m0/s1. The molecule has 3 N–H and O–H groups in total. The number of hydrogen-bond acceptors (Lipinski definition) is 5. The lowest BCUT2D eigenvalue weighted by Gasteiger charge is -2.30. The van der Waals surface area contributed by atoms with E-state index in [0.717, 1.165) is 16.7 Å². The minimum absolute atomic E-state index is 0.00359. The Hall–Kier alpha value is -3.64. The highest BCUT2D eigenvalue weighted by Gasteiger charge is 2.30. The molecule has 1 aliphatic carbocycles. The quantitative estimate of drug-likeness (QED) is 0.116. The van der Waals surface area contributed by atoms with E-state index in [4.69, 9.17) is 4.74 Å². The zero-order valence-electron chi connectivity index (χ0n) is 24.2. The molecule has 1 amide bonds. The molecule has 0 aliphatic heterocycles. The van der Waals surface area contributed by atoms with Gasteiger partial charge in [-0.3, -0.25) is 4.79 Å². The Kier molecular flexibility index (Phi) is 11.3. The molecule has 0 saturated heterocycles. The predicted molar refractivity (Wildman–Crippen MR) is 158 cm³/mol. The van der Waals surface area contributed by atoms with Gasteiger partial charge in [0.15, 0.2) is 5.75 Å². The molecule has 1 saturated carbocycles. The molecule has 0 aromatic heterocycles. The molecule has 0 heterocycles. The Labute approximate surface area is 256 Å². The van der Waals surface area contributed by atoms with Gasteiger partial charge in [0.2, 0.25) is 29.1 Å². The number of carboxylic acid groups (broad SMARTS) is 1. The molecule has 3 aromatic carbocycles. The lowest BCUT2D eigenvalue weighted by Crippen LogP contribution is -2.41. The number of carbonyl (C=O) groups excluding carboxylic acids is 1. The van der Waals surface area contributed by atoms with Crippen LogP contribution in [0.25, 0.3) is 11.1 Å². The van der Waals surface area contributed by atoms with Crippen LogP contribution in [0.5, 0.6) is 5.75 Å². The van der Waals surface area contributed by atoms with Crippen molar-refractivity contribution < 1.29 is 41.4 Å². The molecular weight excluding hydrogens is 603 g/mol. The fraction of sp³-hybridized carbons (Fsp3) is 0.375. The maximum Gasteiger partial charge on any atom is 0.326 e. The average molecular weight is 637 g/mol. The first kappa shape index (κ1) is 33.3. The number of hydrogen-bond donors (Lipinski definition) is 3. The van der Waals surface area contributed by atoms with Gasteiger partial charge in [0.1, 0.15) is 6.04 Å². The van der Waals surface area contributed by atoms with E-state index in [1.54, 1.807) is 12.1 Å². The first-order valence-corrected chi connectivity index (χ1v) is 15.5. The minimum Gasteiger partial charge on any atom is -0.484 e. The van der Waals surface area contributed by atoms with Crippen LogP contribution in [0.2, 0.25) is 0 Å². The van der Waals surface area contributed by atoms with Crippen LogP contribution in [0.15, 0.2) is 42.5 Å².